The number of nitriles is 1. The summed E-state index contributed by atoms with van der Waals surface area (Å²) in [6.07, 6.45) is 3.48. The predicted molar refractivity (Wildman–Crippen MR) is 113 cm³/mol. The Morgan fingerprint density at radius 2 is 2.23 bits per heavy atom. The maximum atomic E-state index is 14.0. The van der Waals surface area contributed by atoms with Crippen molar-refractivity contribution in [2.75, 3.05) is 6.54 Å². The van der Waals surface area contributed by atoms with E-state index in [0.29, 0.717) is 48.8 Å². The molecule has 1 aromatic carbocycles. The zero-order chi connectivity index (χ0) is 22.5. The molecule has 3 rings (SSSR count). The molecule has 0 saturated carbocycles. The molecular weight excluding hydrogens is 423 g/mol. The first-order valence-corrected chi connectivity index (χ1v) is 10.1. The van der Waals surface area contributed by atoms with Gasteiger partial charge in [0, 0.05) is 37.6 Å². The number of carbonyl (C=O) groups excluding carboxylic acids is 1. The lowest BCUT2D eigenvalue weighted by molar-refractivity contribution is 0.0947. The summed E-state index contributed by atoms with van der Waals surface area (Å²) in [6.45, 7) is 4.80. The fourth-order valence-corrected chi connectivity index (χ4v) is 3.34. The maximum absolute atomic E-state index is 14.0. The molecule has 3 aromatic rings. The predicted octanol–water partition coefficient (Wildman–Crippen LogP) is 2.92. The van der Waals surface area contributed by atoms with E-state index in [4.69, 9.17) is 16.9 Å². The Labute approximate surface area is 183 Å². The van der Waals surface area contributed by atoms with Crippen LogP contribution in [0.4, 0.5) is 4.39 Å². The van der Waals surface area contributed by atoms with E-state index < -0.39 is 11.9 Å². The van der Waals surface area contributed by atoms with Crippen LogP contribution in [-0.2, 0) is 13.1 Å². The maximum Gasteiger partial charge on any atom is 0.271 e. The lowest BCUT2D eigenvalue weighted by atomic mass is 10.1. The molecule has 0 aliphatic rings. The van der Waals surface area contributed by atoms with Gasteiger partial charge in [-0.05, 0) is 38.5 Å². The molecule has 1 atom stereocenters. The van der Waals surface area contributed by atoms with Gasteiger partial charge in [-0.3, -0.25) is 9.48 Å². The average molecular weight is 445 g/mol. The fourth-order valence-electron chi connectivity index (χ4n) is 3.09. The summed E-state index contributed by atoms with van der Waals surface area (Å²) < 4.78 is 17.4. The van der Waals surface area contributed by atoms with Crippen LogP contribution in [-0.4, -0.2) is 43.0 Å². The molecular formula is C21H22ClFN6O2. The Morgan fingerprint density at radius 3 is 2.90 bits per heavy atom. The lowest BCUT2D eigenvalue weighted by Gasteiger charge is -2.06. The number of hydrogen-bond acceptors (Lipinski definition) is 5. The number of nitrogens with one attached hydrogen (secondary N) is 1. The average Bonchev–Trinajstić information content (AvgIpc) is 3.32. The molecule has 1 amide bonds. The molecule has 0 aliphatic heterocycles. The molecule has 0 unspecified atom stereocenters. The smallest absolute Gasteiger partial charge is 0.271 e. The molecule has 0 aliphatic carbocycles. The van der Waals surface area contributed by atoms with E-state index in [1.807, 2.05) is 0 Å². The van der Waals surface area contributed by atoms with Crippen molar-refractivity contribution in [2.24, 2.45) is 0 Å². The van der Waals surface area contributed by atoms with Gasteiger partial charge in [0.2, 0.25) is 0 Å². The number of aryl methyl sites for hydroxylation is 2. The van der Waals surface area contributed by atoms with Crippen molar-refractivity contribution in [3.63, 3.8) is 0 Å². The number of carbonyl (C=O) groups is 1. The second kappa shape index (κ2) is 9.73. The summed E-state index contributed by atoms with van der Waals surface area (Å²) in [4.78, 5) is 16.5. The van der Waals surface area contributed by atoms with Crippen molar-refractivity contribution in [3.05, 3.63) is 58.5 Å². The van der Waals surface area contributed by atoms with E-state index in [1.165, 1.54) is 12.1 Å². The van der Waals surface area contributed by atoms with Gasteiger partial charge in [0.05, 0.1) is 16.8 Å². The molecule has 2 N–H and O–H groups in total. The van der Waals surface area contributed by atoms with Crippen LogP contribution in [0.25, 0.3) is 11.3 Å². The molecule has 31 heavy (non-hydrogen) atoms. The summed E-state index contributed by atoms with van der Waals surface area (Å²) in [5.41, 5.74) is 1.14. The summed E-state index contributed by atoms with van der Waals surface area (Å²) >= 11 is 5.95. The zero-order valence-electron chi connectivity index (χ0n) is 17.1. The van der Waals surface area contributed by atoms with Crippen LogP contribution in [0, 0.1) is 24.1 Å². The lowest BCUT2D eigenvalue weighted by Crippen LogP contribution is -2.25. The number of hydrogen-bond donors (Lipinski definition) is 2. The Hall–Kier alpha value is -3.22. The van der Waals surface area contributed by atoms with Gasteiger partial charge in [0.1, 0.15) is 29.0 Å². The van der Waals surface area contributed by atoms with Crippen molar-refractivity contribution >= 4 is 17.5 Å². The topological polar surface area (TPSA) is 109 Å². The zero-order valence-corrected chi connectivity index (χ0v) is 17.9. The van der Waals surface area contributed by atoms with Gasteiger partial charge >= 0.3 is 0 Å². The summed E-state index contributed by atoms with van der Waals surface area (Å²) in [6, 6.07) is 6.20. The highest BCUT2D eigenvalue weighted by atomic mass is 35.5. The van der Waals surface area contributed by atoms with E-state index in [-0.39, 0.29) is 16.5 Å². The van der Waals surface area contributed by atoms with Gasteiger partial charge in [0.15, 0.2) is 0 Å². The number of aromatic nitrogens is 4. The van der Waals surface area contributed by atoms with E-state index in [2.05, 4.69) is 15.4 Å². The second-order valence-electron chi connectivity index (χ2n) is 7.17. The standard InChI is InChI=1S/C21H22ClFN6O2/c1-13(30)11-28-12-20(26-14(28)2)21(31)25-5-3-6-29-7-4-19(27-29)15-8-17(22)16(10-24)18(23)9-15/h4,7-9,12-13,30H,3,5-6,11H2,1-2H3,(H,25,31)/t13-/m0/s1. The molecule has 0 bridgehead atoms. The molecule has 162 valence electrons. The van der Waals surface area contributed by atoms with Gasteiger partial charge in [-0.25, -0.2) is 9.37 Å². The highest BCUT2D eigenvalue weighted by Crippen LogP contribution is 2.26. The van der Waals surface area contributed by atoms with Crippen LogP contribution in [0.5, 0.6) is 0 Å². The second-order valence-corrected chi connectivity index (χ2v) is 7.58. The SMILES string of the molecule is Cc1nc(C(=O)NCCCn2ccc(-c3cc(F)c(C#N)c(Cl)c3)n2)cn1C[C@H](C)O. The van der Waals surface area contributed by atoms with Crippen molar-refractivity contribution < 1.29 is 14.3 Å². The fraction of sp³-hybridized carbons (Fsp3) is 0.333. The van der Waals surface area contributed by atoms with Crippen LogP contribution in [0.15, 0.2) is 30.6 Å². The third kappa shape index (κ3) is 5.48. The molecule has 10 heteroatoms. The van der Waals surface area contributed by atoms with E-state index in [1.54, 1.807) is 47.6 Å². The highest BCUT2D eigenvalue weighted by Gasteiger charge is 2.14. The summed E-state index contributed by atoms with van der Waals surface area (Å²) in [5.74, 6) is -0.306. The molecule has 2 heterocycles. The number of nitrogens with zero attached hydrogens (tertiary/aromatic N) is 5. The first kappa shape index (κ1) is 22.5. The number of halogens is 2. The molecule has 2 aromatic heterocycles. The van der Waals surface area contributed by atoms with Gasteiger partial charge in [0.25, 0.3) is 5.91 Å². The minimum Gasteiger partial charge on any atom is -0.392 e. The van der Waals surface area contributed by atoms with Gasteiger partial charge in [-0.15, -0.1) is 0 Å². The number of rotatable bonds is 8. The molecule has 0 fully saturated rings. The van der Waals surface area contributed by atoms with Crippen molar-refractivity contribution in [1.82, 2.24) is 24.6 Å². The third-order valence-electron chi connectivity index (χ3n) is 4.61. The number of aliphatic hydroxyl groups excluding tert-OH is 1. The van der Waals surface area contributed by atoms with Crippen molar-refractivity contribution in [2.45, 2.75) is 39.5 Å². The van der Waals surface area contributed by atoms with Crippen LogP contribution in [0.2, 0.25) is 5.02 Å². The van der Waals surface area contributed by atoms with E-state index in [9.17, 15) is 14.3 Å². The van der Waals surface area contributed by atoms with Gasteiger partial charge in [-0.2, -0.15) is 10.4 Å². The first-order chi connectivity index (χ1) is 14.8. The number of aliphatic hydroxyl groups is 1. The number of imidazole rings is 1. The Balaban J connectivity index is 1.53. The Bertz CT molecular complexity index is 1110. The summed E-state index contributed by atoms with van der Waals surface area (Å²) in [7, 11) is 0. The van der Waals surface area contributed by atoms with Crippen LogP contribution >= 0.6 is 11.6 Å². The Morgan fingerprint density at radius 1 is 1.45 bits per heavy atom. The number of amides is 1. The quantitative estimate of drug-likeness (QED) is 0.519. The van der Waals surface area contributed by atoms with E-state index in [0.717, 1.165) is 0 Å². The van der Waals surface area contributed by atoms with Gasteiger partial charge in [-0.1, -0.05) is 11.6 Å². The first-order valence-electron chi connectivity index (χ1n) is 9.71. The van der Waals surface area contributed by atoms with Crippen molar-refractivity contribution in [1.29, 1.82) is 5.26 Å². The normalized spacial score (nSPS) is 11.9. The molecule has 8 nitrogen and oxygen atoms in total. The Kier molecular flexibility index (Phi) is 7.05. The molecule has 0 saturated heterocycles. The molecule has 0 spiro atoms. The van der Waals surface area contributed by atoms with Crippen LogP contribution < -0.4 is 5.32 Å². The minimum atomic E-state index is -0.687. The third-order valence-corrected chi connectivity index (χ3v) is 4.91. The van der Waals surface area contributed by atoms with E-state index >= 15 is 0 Å². The molecule has 0 radical (unpaired) electrons. The highest BCUT2D eigenvalue weighted by molar-refractivity contribution is 6.32. The summed E-state index contributed by atoms with van der Waals surface area (Å²) in [5, 5.41) is 25.6. The van der Waals surface area contributed by atoms with Crippen LogP contribution in [0.3, 0.4) is 0 Å². The minimum absolute atomic E-state index is 0.0425. The van der Waals surface area contributed by atoms with Gasteiger partial charge < -0.3 is 15.0 Å². The van der Waals surface area contributed by atoms with Crippen molar-refractivity contribution in [3.8, 4) is 17.3 Å². The monoisotopic (exact) mass is 444 g/mol. The number of benzene rings is 1. The van der Waals surface area contributed by atoms with Crippen LogP contribution in [0.1, 0.15) is 35.2 Å². The largest absolute Gasteiger partial charge is 0.392 e.